The molecule has 28 heavy (non-hydrogen) atoms. The van der Waals surface area contributed by atoms with E-state index in [0.717, 1.165) is 22.5 Å². The van der Waals surface area contributed by atoms with Crippen LogP contribution in [-0.4, -0.2) is 24.4 Å². The number of aliphatic hydroxyl groups is 1. The minimum atomic E-state index is -1.03. The fourth-order valence-corrected chi connectivity index (χ4v) is 4.25. The average Bonchev–Trinajstić information content (AvgIpc) is 3.39. The summed E-state index contributed by atoms with van der Waals surface area (Å²) in [5.41, 5.74) is 0.707. The highest BCUT2D eigenvalue weighted by atomic mass is 127. The van der Waals surface area contributed by atoms with E-state index >= 15 is 0 Å². The smallest absolute Gasteiger partial charge is 0.164 e. The Labute approximate surface area is 175 Å². The summed E-state index contributed by atoms with van der Waals surface area (Å²) in [6.45, 7) is 0.738. The third-order valence-electron chi connectivity index (χ3n) is 5.64. The van der Waals surface area contributed by atoms with Crippen LogP contribution in [0.1, 0.15) is 36.8 Å². The van der Waals surface area contributed by atoms with Crippen LogP contribution in [0, 0.1) is 26.4 Å². The van der Waals surface area contributed by atoms with Gasteiger partial charge in [-0.2, -0.15) is 0 Å². The minimum absolute atomic E-state index is 0.0235. The Balaban J connectivity index is 1.73. The number of rotatable bonds is 2. The predicted molar refractivity (Wildman–Crippen MR) is 109 cm³/mol. The molecule has 1 aliphatic heterocycles. The van der Waals surface area contributed by atoms with Crippen molar-refractivity contribution in [2.24, 2.45) is 5.41 Å². The summed E-state index contributed by atoms with van der Waals surface area (Å²) in [7, 11) is 0. The van der Waals surface area contributed by atoms with Crippen LogP contribution in [0.15, 0.2) is 24.3 Å². The number of anilines is 1. The number of benzene rings is 2. The first-order valence-electron chi connectivity index (χ1n) is 9.36. The van der Waals surface area contributed by atoms with Crippen LogP contribution in [-0.2, 0) is 6.42 Å². The van der Waals surface area contributed by atoms with Crippen LogP contribution in [0.2, 0.25) is 0 Å². The maximum absolute atomic E-state index is 14.7. The van der Waals surface area contributed by atoms with Gasteiger partial charge < -0.3 is 15.2 Å². The first-order valence-corrected chi connectivity index (χ1v) is 10.4. The molecule has 1 atom stereocenters. The van der Waals surface area contributed by atoms with Crippen molar-refractivity contribution >= 4 is 28.3 Å². The molecule has 1 fully saturated rings. The highest BCUT2D eigenvalue weighted by molar-refractivity contribution is 14.1. The maximum atomic E-state index is 14.7. The maximum Gasteiger partial charge on any atom is 0.164 e. The molecule has 2 aliphatic rings. The standard InChI is InChI=1S/C21H21F3INO2/c22-16-8-13(25)2-1-12(16)7-15-19(24)17(23)9-18-20(15)26-11-21(4-5-21)10-14(27)3-6-28-18/h1-2,8-9,14,26-27H,3-7,10-11H2. The summed E-state index contributed by atoms with van der Waals surface area (Å²) in [6.07, 6.45) is 2.50. The van der Waals surface area contributed by atoms with E-state index in [1.54, 1.807) is 12.1 Å². The van der Waals surface area contributed by atoms with Crippen molar-refractivity contribution in [2.45, 2.75) is 38.2 Å². The topological polar surface area (TPSA) is 41.5 Å². The van der Waals surface area contributed by atoms with Crippen molar-refractivity contribution in [2.75, 3.05) is 18.5 Å². The van der Waals surface area contributed by atoms with Gasteiger partial charge in [0.2, 0.25) is 0 Å². The summed E-state index contributed by atoms with van der Waals surface area (Å²) in [4.78, 5) is 0. The molecule has 150 valence electrons. The van der Waals surface area contributed by atoms with Crippen LogP contribution in [0.3, 0.4) is 0 Å². The van der Waals surface area contributed by atoms with Gasteiger partial charge in [-0.25, -0.2) is 13.2 Å². The van der Waals surface area contributed by atoms with E-state index in [-0.39, 0.29) is 29.8 Å². The molecule has 0 radical (unpaired) electrons. The van der Waals surface area contributed by atoms with Gasteiger partial charge in [0, 0.05) is 34.6 Å². The van der Waals surface area contributed by atoms with Gasteiger partial charge in [0.1, 0.15) is 11.6 Å². The number of ether oxygens (including phenoxy) is 1. The van der Waals surface area contributed by atoms with Gasteiger partial charge in [-0.1, -0.05) is 6.07 Å². The molecule has 3 nitrogen and oxygen atoms in total. The largest absolute Gasteiger partial charge is 0.491 e. The highest BCUT2D eigenvalue weighted by Gasteiger charge is 2.44. The molecular weight excluding hydrogens is 482 g/mol. The van der Waals surface area contributed by atoms with Crippen molar-refractivity contribution < 1.29 is 23.0 Å². The Morgan fingerprint density at radius 2 is 1.96 bits per heavy atom. The fraction of sp³-hybridized carbons (Fsp3) is 0.429. The third kappa shape index (κ3) is 4.10. The molecule has 1 aliphatic carbocycles. The number of halogens is 4. The fourth-order valence-electron chi connectivity index (χ4n) is 3.79. The lowest BCUT2D eigenvalue weighted by Crippen LogP contribution is -2.26. The van der Waals surface area contributed by atoms with E-state index in [2.05, 4.69) is 5.32 Å². The molecular formula is C21H21F3INO2. The second-order valence-electron chi connectivity index (χ2n) is 7.79. The zero-order chi connectivity index (χ0) is 19.9. The first kappa shape index (κ1) is 19.8. The van der Waals surface area contributed by atoms with Crippen LogP contribution in [0.25, 0.3) is 0 Å². The molecule has 1 saturated carbocycles. The Hall–Kier alpha value is -1.48. The van der Waals surface area contributed by atoms with E-state index in [4.69, 9.17) is 4.74 Å². The average molecular weight is 503 g/mol. The van der Waals surface area contributed by atoms with Crippen LogP contribution >= 0.6 is 22.6 Å². The molecule has 0 saturated heterocycles. The Morgan fingerprint density at radius 3 is 2.68 bits per heavy atom. The number of hydrogen-bond acceptors (Lipinski definition) is 3. The summed E-state index contributed by atoms with van der Waals surface area (Å²) in [6, 6.07) is 5.72. The Bertz CT molecular complexity index is 902. The van der Waals surface area contributed by atoms with E-state index in [1.807, 2.05) is 22.6 Å². The van der Waals surface area contributed by atoms with Crippen molar-refractivity contribution in [3.05, 3.63) is 56.4 Å². The summed E-state index contributed by atoms with van der Waals surface area (Å²) in [5, 5.41) is 13.4. The third-order valence-corrected chi connectivity index (χ3v) is 6.31. The number of fused-ring (bicyclic) bond motifs is 1. The first-order chi connectivity index (χ1) is 13.4. The molecule has 0 amide bonds. The summed E-state index contributed by atoms with van der Waals surface area (Å²) in [5.74, 6) is -2.27. The number of nitrogens with one attached hydrogen (secondary N) is 1. The van der Waals surface area contributed by atoms with Gasteiger partial charge in [-0.05, 0) is 65.0 Å². The molecule has 2 aromatic rings. The molecule has 0 aromatic heterocycles. The van der Waals surface area contributed by atoms with Gasteiger partial charge in [-0.3, -0.25) is 0 Å². The van der Waals surface area contributed by atoms with Gasteiger partial charge in [0.05, 0.1) is 18.4 Å². The molecule has 7 heteroatoms. The molecule has 4 rings (SSSR count). The van der Waals surface area contributed by atoms with Crippen molar-refractivity contribution in [3.63, 3.8) is 0 Å². The predicted octanol–water partition coefficient (Wildman–Crippen LogP) is 5.02. The molecule has 2 aromatic carbocycles. The zero-order valence-corrected chi connectivity index (χ0v) is 17.4. The summed E-state index contributed by atoms with van der Waals surface area (Å²) < 4.78 is 49.7. The SMILES string of the molecule is OC1CCOc2cc(F)c(F)c(Cc3ccc(I)cc3F)c2NCC2(CC2)C1. The minimum Gasteiger partial charge on any atom is -0.491 e. The van der Waals surface area contributed by atoms with Gasteiger partial charge in [0.15, 0.2) is 11.6 Å². The Morgan fingerprint density at radius 1 is 1.18 bits per heavy atom. The molecule has 1 spiro atoms. The van der Waals surface area contributed by atoms with E-state index in [0.29, 0.717) is 30.6 Å². The van der Waals surface area contributed by atoms with Gasteiger partial charge >= 0.3 is 0 Å². The molecule has 1 unspecified atom stereocenters. The second-order valence-corrected chi connectivity index (χ2v) is 9.03. The normalized spacial score (nSPS) is 20.8. The lowest BCUT2D eigenvalue weighted by Gasteiger charge is -2.26. The Kier molecular flexibility index (Phi) is 5.48. The summed E-state index contributed by atoms with van der Waals surface area (Å²) >= 11 is 2.00. The van der Waals surface area contributed by atoms with E-state index in [9.17, 15) is 18.3 Å². The molecule has 0 bridgehead atoms. The van der Waals surface area contributed by atoms with Crippen molar-refractivity contribution in [1.29, 1.82) is 0 Å². The number of aliphatic hydroxyl groups excluding tert-OH is 1. The van der Waals surface area contributed by atoms with E-state index in [1.165, 1.54) is 6.07 Å². The molecule has 1 heterocycles. The van der Waals surface area contributed by atoms with Crippen molar-refractivity contribution in [1.82, 2.24) is 0 Å². The zero-order valence-electron chi connectivity index (χ0n) is 15.2. The van der Waals surface area contributed by atoms with Crippen LogP contribution < -0.4 is 10.1 Å². The highest BCUT2D eigenvalue weighted by Crippen LogP contribution is 2.51. The van der Waals surface area contributed by atoms with Crippen molar-refractivity contribution in [3.8, 4) is 5.75 Å². The monoisotopic (exact) mass is 503 g/mol. The van der Waals surface area contributed by atoms with E-state index < -0.39 is 23.6 Å². The lowest BCUT2D eigenvalue weighted by molar-refractivity contribution is 0.109. The lowest BCUT2D eigenvalue weighted by atomic mass is 9.95. The molecule has 2 N–H and O–H groups in total. The van der Waals surface area contributed by atoms with Crippen LogP contribution in [0.4, 0.5) is 18.9 Å². The van der Waals surface area contributed by atoms with Gasteiger partial charge in [-0.15, -0.1) is 0 Å². The quantitative estimate of drug-likeness (QED) is 0.566. The second kappa shape index (κ2) is 7.74. The van der Waals surface area contributed by atoms with Crippen LogP contribution in [0.5, 0.6) is 5.75 Å². The number of hydrogen-bond donors (Lipinski definition) is 2. The van der Waals surface area contributed by atoms with Gasteiger partial charge in [0.25, 0.3) is 0 Å².